The van der Waals surface area contributed by atoms with Crippen molar-refractivity contribution in [3.05, 3.63) is 59.7 Å². The molecule has 3 rings (SSSR count). The molecule has 3 nitrogen and oxygen atoms in total. The Morgan fingerprint density at radius 3 is 2.75 bits per heavy atom. The van der Waals surface area contributed by atoms with Crippen molar-refractivity contribution in [2.45, 2.75) is 19.4 Å². The number of hydrogen-bond acceptors (Lipinski definition) is 2. The lowest BCUT2D eigenvalue weighted by molar-refractivity contribution is -0.118. The molecule has 1 aliphatic rings. The fourth-order valence-corrected chi connectivity index (χ4v) is 2.64. The molecule has 0 saturated heterocycles. The minimum Gasteiger partial charge on any atom is -0.373 e. The van der Waals surface area contributed by atoms with E-state index in [0.29, 0.717) is 0 Å². The first-order valence-electron chi connectivity index (χ1n) is 6.84. The number of carbonyl (C=O) groups is 1. The third kappa shape index (κ3) is 2.27. The largest absolute Gasteiger partial charge is 0.373 e. The summed E-state index contributed by atoms with van der Waals surface area (Å²) in [4.78, 5) is 14.3. The zero-order chi connectivity index (χ0) is 14.1. The molecule has 0 fully saturated rings. The summed E-state index contributed by atoms with van der Waals surface area (Å²) in [5, 5.41) is 3.31. The van der Waals surface area contributed by atoms with Gasteiger partial charge in [-0.1, -0.05) is 30.3 Å². The fourth-order valence-electron chi connectivity index (χ4n) is 2.64. The molecular formula is C17H18N2O. The standard InChI is InChI=1S/C17H18N2O/c1-12-6-5-8-14(10-12)19(2)17(20)16-11-13-7-3-4-9-15(13)18-16/h3-10,16,18H,11H2,1-2H3/t16-/m0/s1. The first kappa shape index (κ1) is 12.7. The number of nitrogens with zero attached hydrogens (tertiary/aromatic N) is 1. The summed E-state index contributed by atoms with van der Waals surface area (Å²) in [7, 11) is 1.84. The monoisotopic (exact) mass is 266 g/mol. The third-order valence-electron chi connectivity index (χ3n) is 3.79. The van der Waals surface area contributed by atoms with Gasteiger partial charge in [0.2, 0.25) is 5.91 Å². The van der Waals surface area contributed by atoms with Crippen LogP contribution in [0, 0.1) is 6.92 Å². The van der Waals surface area contributed by atoms with Gasteiger partial charge >= 0.3 is 0 Å². The summed E-state index contributed by atoms with van der Waals surface area (Å²) in [5.74, 6) is 0.104. The number of anilines is 2. The second kappa shape index (κ2) is 5.00. The van der Waals surface area contributed by atoms with Gasteiger partial charge in [0.1, 0.15) is 6.04 Å². The molecular weight excluding hydrogens is 248 g/mol. The molecule has 2 aromatic rings. The number of likely N-dealkylation sites (N-methyl/N-ethyl adjacent to an activating group) is 1. The molecule has 0 bridgehead atoms. The van der Waals surface area contributed by atoms with E-state index in [1.54, 1.807) is 4.90 Å². The number of amides is 1. The highest BCUT2D eigenvalue weighted by atomic mass is 16.2. The molecule has 0 spiro atoms. The molecule has 1 heterocycles. The highest BCUT2D eigenvalue weighted by Gasteiger charge is 2.29. The molecule has 1 amide bonds. The van der Waals surface area contributed by atoms with E-state index in [1.165, 1.54) is 5.56 Å². The zero-order valence-electron chi connectivity index (χ0n) is 11.8. The third-order valence-corrected chi connectivity index (χ3v) is 3.79. The molecule has 0 aliphatic carbocycles. The predicted molar refractivity (Wildman–Crippen MR) is 82.1 cm³/mol. The summed E-state index contributed by atoms with van der Waals surface area (Å²) >= 11 is 0. The van der Waals surface area contributed by atoms with E-state index in [9.17, 15) is 4.79 Å². The van der Waals surface area contributed by atoms with Gasteiger partial charge in [-0.15, -0.1) is 0 Å². The zero-order valence-corrected chi connectivity index (χ0v) is 11.8. The predicted octanol–water partition coefficient (Wildman–Crippen LogP) is 2.99. The van der Waals surface area contributed by atoms with Gasteiger partial charge in [0.05, 0.1) is 0 Å². The van der Waals surface area contributed by atoms with Crippen molar-refractivity contribution in [3.63, 3.8) is 0 Å². The molecule has 0 aromatic heterocycles. The van der Waals surface area contributed by atoms with E-state index in [-0.39, 0.29) is 11.9 Å². The topological polar surface area (TPSA) is 32.3 Å². The maximum Gasteiger partial charge on any atom is 0.249 e. The van der Waals surface area contributed by atoms with Crippen LogP contribution in [-0.2, 0) is 11.2 Å². The van der Waals surface area contributed by atoms with Gasteiger partial charge in [0, 0.05) is 24.8 Å². The minimum atomic E-state index is -0.169. The number of rotatable bonds is 2. The highest BCUT2D eigenvalue weighted by Crippen LogP contribution is 2.27. The van der Waals surface area contributed by atoms with E-state index in [1.807, 2.05) is 56.4 Å². The summed E-state index contributed by atoms with van der Waals surface area (Å²) < 4.78 is 0. The smallest absolute Gasteiger partial charge is 0.249 e. The first-order chi connectivity index (χ1) is 9.65. The van der Waals surface area contributed by atoms with E-state index in [0.717, 1.165) is 23.4 Å². The van der Waals surface area contributed by atoms with Crippen molar-refractivity contribution in [1.29, 1.82) is 0 Å². The number of para-hydroxylation sites is 1. The Kier molecular flexibility index (Phi) is 3.18. The van der Waals surface area contributed by atoms with Gasteiger partial charge in [0.15, 0.2) is 0 Å². The Balaban J connectivity index is 1.78. The lowest BCUT2D eigenvalue weighted by Crippen LogP contribution is -2.39. The second-order valence-electron chi connectivity index (χ2n) is 5.29. The molecule has 1 N–H and O–H groups in total. The van der Waals surface area contributed by atoms with Gasteiger partial charge < -0.3 is 10.2 Å². The summed E-state index contributed by atoms with van der Waals surface area (Å²) in [6, 6.07) is 15.9. The van der Waals surface area contributed by atoms with Crippen LogP contribution in [0.25, 0.3) is 0 Å². The van der Waals surface area contributed by atoms with Crippen molar-refractivity contribution < 1.29 is 4.79 Å². The number of carbonyl (C=O) groups excluding carboxylic acids is 1. The van der Waals surface area contributed by atoms with Crippen molar-refractivity contribution in [2.75, 3.05) is 17.3 Å². The Labute approximate surface area is 119 Å². The molecule has 1 aliphatic heterocycles. The van der Waals surface area contributed by atoms with Crippen LogP contribution in [0.1, 0.15) is 11.1 Å². The van der Waals surface area contributed by atoms with Gasteiger partial charge in [-0.2, -0.15) is 0 Å². The maximum atomic E-state index is 12.6. The summed E-state index contributed by atoms with van der Waals surface area (Å²) in [6.45, 7) is 2.03. The molecule has 2 aromatic carbocycles. The number of benzene rings is 2. The SMILES string of the molecule is Cc1cccc(N(C)C(=O)[C@@H]2Cc3ccccc3N2)c1. The lowest BCUT2D eigenvalue weighted by Gasteiger charge is -2.22. The van der Waals surface area contributed by atoms with Gasteiger partial charge in [-0.3, -0.25) is 4.79 Å². The minimum absolute atomic E-state index is 0.104. The van der Waals surface area contributed by atoms with Crippen LogP contribution in [0.15, 0.2) is 48.5 Å². The van der Waals surface area contributed by atoms with E-state index < -0.39 is 0 Å². The van der Waals surface area contributed by atoms with Crippen LogP contribution in [0.3, 0.4) is 0 Å². The Morgan fingerprint density at radius 1 is 1.20 bits per heavy atom. The van der Waals surface area contributed by atoms with Crippen LogP contribution >= 0.6 is 0 Å². The van der Waals surface area contributed by atoms with Crippen LogP contribution in [0.2, 0.25) is 0 Å². The Hall–Kier alpha value is -2.29. The van der Waals surface area contributed by atoms with Gasteiger partial charge in [0.25, 0.3) is 0 Å². The number of nitrogens with one attached hydrogen (secondary N) is 1. The molecule has 102 valence electrons. The molecule has 0 unspecified atom stereocenters. The van der Waals surface area contributed by atoms with Crippen molar-refractivity contribution in [1.82, 2.24) is 0 Å². The molecule has 3 heteroatoms. The van der Waals surface area contributed by atoms with Crippen LogP contribution in [-0.4, -0.2) is 19.0 Å². The Bertz CT molecular complexity index is 626. The van der Waals surface area contributed by atoms with E-state index in [2.05, 4.69) is 11.4 Å². The molecule has 1 atom stereocenters. The summed E-state index contributed by atoms with van der Waals surface area (Å²) in [5.41, 5.74) is 4.38. The maximum absolute atomic E-state index is 12.6. The highest BCUT2D eigenvalue weighted by molar-refractivity contribution is 5.99. The Morgan fingerprint density at radius 2 is 2.00 bits per heavy atom. The van der Waals surface area contributed by atoms with Crippen LogP contribution in [0.5, 0.6) is 0 Å². The molecule has 0 radical (unpaired) electrons. The summed E-state index contributed by atoms with van der Waals surface area (Å²) in [6.07, 6.45) is 0.755. The average Bonchev–Trinajstić information content (AvgIpc) is 2.89. The van der Waals surface area contributed by atoms with Crippen LogP contribution in [0.4, 0.5) is 11.4 Å². The molecule has 0 saturated carbocycles. The quantitative estimate of drug-likeness (QED) is 0.906. The number of hydrogen-bond donors (Lipinski definition) is 1. The van der Waals surface area contributed by atoms with Crippen molar-refractivity contribution in [2.24, 2.45) is 0 Å². The normalized spacial score (nSPS) is 16.4. The van der Waals surface area contributed by atoms with Gasteiger partial charge in [-0.05, 0) is 36.2 Å². The van der Waals surface area contributed by atoms with Gasteiger partial charge in [-0.25, -0.2) is 0 Å². The fraction of sp³-hybridized carbons (Fsp3) is 0.235. The average molecular weight is 266 g/mol. The van der Waals surface area contributed by atoms with Crippen LogP contribution < -0.4 is 10.2 Å². The van der Waals surface area contributed by atoms with E-state index >= 15 is 0 Å². The first-order valence-corrected chi connectivity index (χ1v) is 6.84. The van der Waals surface area contributed by atoms with Crippen molar-refractivity contribution in [3.8, 4) is 0 Å². The molecule has 20 heavy (non-hydrogen) atoms. The number of aryl methyl sites for hydroxylation is 1. The van der Waals surface area contributed by atoms with Crippen molar-refractivity contribution >= 4 is 17.3 Å². The van der Waals surface area contributed by atoms with E-state index in [4.69, 9.17) is 0 Å². The lowest BCUT2D eigenvalue weighted by atomic mass is 10.1. The second-order valence-corrected chi connectivity index (χ2v) is 5.29. The number of fused-ring (bicyclic) bond motifs is 1.